The zero-order valence-corrected chi connectivity index (χ0v) is 16.2. The van der Waals surface area contributed by atoms with Crippen LogP contribution < -0.4 is 0 Å². The van der Waals surface area contributed by atoms with Crippen LogP contribution in [0.4, 0.5) is 0 Å². The molecule has 0 unspecified atom stereocenters. The number of hydrogen-bond acceptors (Lipinski definition) is 5. The highest BCUT2D eigenvalue weighted by atomic mass is 32.2. The standard InChI is InChI=1S/C19H20N4OS2/c1-14-20-21-19(23(14)11-15-5-3-2-4-6-15)26-13-18(24)22-9-7-17-16(12-22)8-10-25-17/h2-6,8,10H,7,9,11-13H2,1H3. The quantitative estimate of drug-likeness (QED) is 0.633. The Hall–Kier alpha value is -2.12. The van der Waals surface area contributed by atoms with Crippen molar-refractivity contribution in [2.24, 2.45) is 0 Å². The van der Waals surface area contributed by atoms with Crippen LogP contribution >= 0.6 is 23.1 Å². The van der Waals surface area contributed by atoms with Crippen LogP contribution in [0.5, 0.6) is 0 Å². The average Bonchev–Trinajstić information content (AvgIpc) is 3.27. The maximum Gasteiger partial charge on any atom is 0.233 e. The molecule has 0 bridgehead atoms. The van der Waals surface area contributed by atoms with Gasteiger partial charge >= 0.3 is 0 Å². The van der Waals surface area contributed by atoms with E-state index in [1.807, 2.05) is 30.0 Å². The Morgan fingerprint density at radius 1 is 1.23 bits per heavy atom. The Bertz CT molecular complexity index is 903. The molecule has 0 N–H and O–H groups in total. The summed E-state index contributed by atoms with van der Waals surface area (Å²) < 4.78 is 2.07. The Kier molecular flexibility index (Phi) is 5.08. The van der Waals surface area contributed by atoms with Crippen LogP contribution in [-0.2, 0) is 24.3 Å². The maximum atomic E-state index is 12.6. The van der Waals surface area contributed by atoms with Gasteiger partial charge in [0, 0.05) is 18.0 Å². The Morgan fingerprint density at radius 3 is 2.92 bits per heavy atom. The van der Waals surface area contributed by atoms with E-state index in [1.165, 1.54) is 27.8 Å². The zero-order chi connectivity index (χ0) is 17.9. The van der Waals surface area contributed by atoms with E-state index in [9.17, 15) is 4.79 Å². The first-order valence-corrected chi connectivity index (χ1v) is 10.5. The van der Waals surface area contributed by atoms with Crippen molar-refractivity contribution in [1.29, 1.82) is 0 Å². The second kappa shape index (κ2) is 7.63. The van der Waals surface area contributed by atoms with Gasteiger partial charge in [-0.25, -0.2) is 0 Å². The summed E-state index contributed by atoms with van der Waals surface area (Å²) in [6, 6.07) is 12.4. The van der Waals surface area contributed by atoms with Gasteiger partial charge in [-0.2, -0.15) is 0 Å². The number of benzene rings is 1. The van der Waals surface area contributed by atoms with Crippen LogP contribution in [0.2, 0.25) is 0 Å². The summed E-state index contributed by atoms with van der Waals surface area (Å²) in [6.45, 7) is 4.21. The summed E-state index contributed by atoms with van der Waals surface area (Å²) in [5, 5.41) is 11.4. The van der Waals surface area contributed by atoms with E-state index < -0.39 is 0 Å². The number of aryl methyl sites for hydroxylation is 1. The molecule has 134 valence electrons. The molecule has 1 amide bonds. The fraction of sp³-hybridized carbons (Fsp3) is 0.316. The molecular formula is C19H20N4OS2. The van der Waals surface area contributed by atoms with Crippen molar-refractivity contribution in [2.45, 2.75) is 31.6 Å². The van der Waals surface area contributed by atoms with Crippen LogP contribution in [0, 0.1) is 6.92 Å². The number of carbonyl (C=O) groups is 1. The van der Waals surface area contributed by atoms with E-state index in [4.69, 9.17) is 0 Å². The minimum absolute atomic E-state index is 0.166. The van der Waals surface area contributed by atoms with Gasteiger partial charge in [-0.3, -0.25) is 4.79 Å². The molecule has 0 fully saturated rings. The number of amides is 1. The molecule has 4 rings (SSSR count). The van der Waals surface area contributed by atoms with Gasteiger partial charge in [-0.1, -0.05) is 42.1 Å². The molecule has 0 radical (unpaired) electrons. The molecule has 0 spiro atoms. The molecule has 1 aromatic carbocycles. The lowest BCUT2D eigenvalue weighted by Gasteiger charge is -2.26. The minimum atomic E-state index is 0.166. The van der Waals surface area contributed by atoms with E-state index in [0.29, 0.717) is 5.75 Å². The summed E-state index contributed by atoms with van der Waals surface area (Å²) in [5.41, 5.74) is 2.49. The fourth-order valence-corrected chi connectivity index (χ4v) is 4.87. The van der Waals surface area contributed by atoms with Crippen LogP contribution in [0.25, 0.3) is 0 Å². The molecule has 1 aliphatic rings. The predicted molar refractivity (Wildman–Crippen MR) is 104 cm³/mol. The van der Waals surface area contributed by atoms with Crippen molar-refractivity contribution in [3.05, 3.63) is 63.6 Å². The van der Waals surface area contributed by atoms with E-state index in [0.717, 1.165) is 37.0 Å². The van der Waals surface area contributed by atoms with Crippen LogP contribution in [-0.4, -0.2) is 37.9 Å². The highest BCUT2D eigenvalue weighted by molar-refractivity contribution is 7.99. The lowest BCUT2D eigenvalue weighted by molar-refractivity contribution is -0.129. The first-order chi connectivity index (χ1) is 12.7. The van der Waals surface area contributed by atoms with Crippen molar-refractivity contribution in [1.82, 2.24) is 19.7 Å². The van der Waals surface area contributed by atoms with Crippen LogP contribution in [0.1, 0.15) is 21.8 Å². The zero-order valence-electron chi connectivity index (χ0n) is 14.6. The third-order valence-corrected chi connectivity index (χ3v) is 6.54. The van der Waals surface area contributed by atoms with E-state index in [-0.39, 0.29) is 5.91 Å². The van der Waals surface area contributed by atoms with Gasteiger partial charge in [-0.05, 0) is 35.9 Å². The van der Waals surface area contributed by atoms with Crippen molar-refractivity contribution >= 4 is 29.0 Å². The van der Waals surface area contributed by atoms with Crippen molar-refractivity contribution in [2.75, 3.05) is 12.3 Å². The average molecular weight is 385 g/mol. The van der Waals surface area contributed by atoms with E-state index in [2.05, 4.69) is 38.3 Å². The summed E-state index contributed by atoms with van der Waals surface area (Å²) in [5.74, 6) is 1.43. The number of nitrogens with zero attached hydrogens (tertiary/aromatic N) is 4. The number of aromatic nitrogens is 3. The van der Waals surface area contributed by atoms with E-state index in [1.54, 1.807) is 11.3 Å². The fourth-order valence-electron chi connectivity index (χ4n) is 3.10. The number of thioether (sulfide) groups is 1. The molecule has 7 heteroatoms. The number of fused-ring (bicyclic) bond motifs is 1. The maximum absolute atomic E-state index is 12.6. The molecule has 26 heavy (non-hydrogen) atoms. The summed E-state index contributed by atoms with van der Waals surface area (Å²) in [7, 11) is 0. The number of thiophene rings is 1. The highest BCUT2D eigenvalue weighted by Gasteiger charge is 2.22. The highest BCUT2D eigenvalue weighted by Crippen LogP contribution is 2.25. The molecule has 0 aliphatic carbocycles. The molecule has 3 heterocycles. The Balaban J connectivity index is 1.40. The predicted octanol–water partition coefficient (Wildman–Crippen LogP) is 3.37. The van der Waals surface area contributed by atoms with Crippen molar-refractivity contribution < 1.29 is 4.79 Å². The van der Waals surface area contributed by atoms with Gasteiger partial charge in [0.1, 0.15) is 5.82 Å². The Morgan fingerprint density at radius 2 is 2.08 bits per heavy atom. The van der Waals surface area contributed by atoms with Gasteiger partial charge in [0.25, 0.3) is 0 Å². The lowest BCUT2D eigenvalue weighted by atomic mass is 10.1. The van der Waals surface area contributed by atoms with E-state index >= 15 is 0 Å². The molecule has 0 atom stereocenters. The summed E-state index contributed by atoms with van der Waals surface area (Å²) in [4.78, 5) is 16.0. The normalized spacial score (nSPS) is 13.7. The number of rotatable bonds is 5. The number of hydrogen-bond donors (Lipinski definition) is 0. The summed E-state index contributed by atoms with van der Waals surface area (Å²) >= 11 is 3.26. The van der Waals surface area contributed by atoms with Crippen molar-refractivity contribution in [3.8, 4) is 0 Å². The smallest absolute Gasteiger partial charge is 0.233 e. The molecule has 1 aliphatic heterocycles. The molecule has 3 aromatic rings. The monoisotopic (exact) mass is 384 g/mol. The topological polar surface area (TPSA) is 51.0 Å². The largest absolute Gasteiger partial charge is 0.337 e. The minimum Gasteiger partial charge on any atom is -0.337 e. The van der Waals surface area contributed by atoms with Crippen LogP contribution in [0.15, 0.2) is 46.9 Å². The van der Waals surface area contributed by atoms with Crippen LogP contribution in [0.3, 0.4) is 0 Å². The van der Waals surface area contributed by atoms with Gasteiger partial charge < -0.3 is 9.47 Å². The SMILES string of the molecule is Cc1nnc(SCC(=O)N2CCc3sccc3C2)n1Cc1ccccc1. The molecule has 2 aromatic heterocycles. The molecule has 5 nitrogen and oxygen atoms in total. The molecule has 0 saturated heterocycles. The lowest BCUT2D eigenvalue weighted by Crippen LogP contribution is -2.36. The first kappa shape index (κ1) is 17.3. The van der Waals surface area contributed by atoms with Gasteiger partial charge in [0.05, 0.1) is 12.3 Å². The Labute approximate surface area is 161 Å². The van der Waals surface area contributed by atoms with Gasteiger partial charge in [0.15, 0.2) is 5.16 Å². The molecule has 0 saturated carbocycles. The van der Waals surface area contributed by atoms with Crippen molar-refractivity contribution in [3.63, 3.8) is 0 Å². The third-order valence-electron chi connectivity index (χ3n) is 4.57. The number of carbonyl (C=O) groups excluding carboxylic acids is 1. The van der Waals surface area contributed by atoms with Gasteiger partial charge in [0.2, 0.25) is 5.91 Å². The first-order valence-electron chi connectivity index (χ1n) is 8.60. The third kappa shape index (κ3) is 3.68. The second-order valence-electron chi connectivity index (χ2n) is 6.32. The second-order valence-corrected chi connectivity index (χ2v) is 8.27. The van der Waals surface area contributed by atoms with Gasteiger partial charge in [-0.15, -0.1) is 21.5 Å². The molecular weight excluding hydrogens is 364 g/mol. The summed E-state index contributed by atoms with van der Waals surface area (Å²) in [6.07, 6.45) is 0.965.